The molecular formula is C21H23NO2. The van der Waals surface area contributed by atoms with Crippen molar-refractivity contribution in [3.05, 3.63) is 71.0 Å². The lowest BCUT2D eigenvalue weighted by Crippen LogP contribution is -2.28. The molecule has 0 radical (unpaired) electrons. The number of fused-ring (bicyclic) bond motifs is 1. The second-order valence-corrected chi connectivity index (χ2v) is 6.44. The quantitative estimate of drug-likeness (QED) is 0.751. The van der Waals surface area contributed by atoms with Crippen LogP contribution in [0.3, 0.4) is 0 Å². The Balaban J connectivity index is 1.64. The van der Waals surface area contributed by atoms with Gasteiger partial charge in [0, 0.05) is 17.5 Å². The van der Waals surface area contributed by atoms with Crippen molar-refractivity contribution in [2.24, 2.45) is 0 Å². The SMILES string of the molecule is Cc1ccc2c(CC(=O)NCC(C)c3ccccc3)coc2c1C. The molecular weight excluding hydrogens is 298 g/mol. The Labute approximate surface area is 142 Å². The topological polar surface area (TPSA) is 42.2 Å². The Bertz CT molecular complexity index is 849. The predicted octanol–water partition coefficient (Wildman–Crippen LogP) is 4.51. The van der Waals surface area contributed by atoms with E-state index >= 15 is 0 Å². The summed E-state index contributed by atoms with van der Waals surface area (Å²) >= 11 is 0. The number of carbonyl (C=O) groups is 1. The van der Waals surface area contributed by atoms with Crippen LogP contribution in [0.4, 0.5) is 0 Å². The zero-order valence-corrected chi connectivity index (χ0v) is 14.4. The molecule has 0 saturated heterocycles. The van der Waals surface area contributed by atoms with Gasteiger partial charge in [0.2, 0.25) is 5.91 Å². The fourth-order valence-corrected chi connectivity index (χ4v) is 2.93. The van der Waals surface area contributed by atoms with Crippen LogP contribution in [0.1, 0.15) is 35.1 Å². The van der Waals surface area contributed by atoms with Crippen LogP contribution in [0, 0.1) is 13.8 Å². The average Bonchev–Trinajstić information content (AvgIpc) is 3.00. The molecule has 2 aromatic carbocycles. The maximum absolute atomic E-state index is 12.3. The van der Waals surface area contributed by atoms with Crippen molar-refractivity contribution in [3.8, 4) is 0 Å². The molecule has 1 N–H and O–H groups in total. The molecule has 3 heteroatoms. The van der Waals surface area contributed by atoms with E-state index in [1.165, 1.54) is 11.1 Å². The Morgan fingerprint density at radius 1 is 1.12 bits per heavy atom. The third-order valence-electron chi connectivity index (χ3n) is 4.67. The predicted molar refractivity (Wildman–Crippen MR) is 97.3 cm³/mol. The number of hydrogen-bond acceptors (Lipinski definition) is 2. The summed E-state index contributed by atoms with van der Waals surface area (Å²) < 4.78 is 5.68. The number of aryl methyl sites for hydroxylation is 2. The molecule has 1 unspecified atom stereocenters. The van der Waals surface area contributed by atoms with E-state index in [0.717, 1.165) is 22.1 Å². The molecule has 1 aromatic heterocycles. The molecule has 0 spiro atoms. The highest BCUT2D eigenvalue weighted by Crippen LogP contribution is 2.26. The smallest absolute Gasteiger partial charge is 0.224 e. The third-order valence-corrected chi connectivity index (χ3v) is 4.67. The zero-order chi connectivity index (χ0) is 17.1. The number of benzene rings is 2. The minimum Gasteiger partial charge on any atom is -0.464 e. The van der Waals surface area contributed by atoms with Gasteiger partial charge in [-0.15, -0.1) is 0 Å². The third kappa shape index (κ3) is 3.35. The molecule has 0 aliphatic rings. The first-order valence-electron chi connectivity index (χ1n) is 8.34. The van der Waals surface area contributed by atoms with Crippen molar-refractivity contribution in [1.29, 1.82) is 0 Å². The van der Waals surface area contributed by atoms with E-state index in [2.05, 4.69) is 37.4 Å². The van der Waals surface area contributed by atoms with Crippen LogP contribution < -0.4 is 5.32 Å². The van der Waals surface area contributed by atoms with Crippen LogP contribution in [0.5, 0.6) is 0 Å². The monoisotopic (exact) mass is 321 g/mol. The summed E-state index contributed by atoms with van der Waals surface area (Å²) in [6, 6.07) is 14.3. The van der Waals surface area contributed by atoms with Crippen LogP contribution in [0.15, 0.2) is 53.1 Å². The highest BCUT2D eigenvalue weighted by Gasteiger charge is 2.13. The minimum atomic E-state index is 0.0266. The Hall–Kier alpha value is -2.55. The second kappa shape index (κ2) is 6.91. The van der Waals surface area contributed by atoms with E-state index in [-0.39, 0.29) is 5.91 Å². The van der Waals surface area contributed by atoms with Gasteiger partial charge in [0.25, 0.3) is 0 Å². The second-order valence-electron chi connectivity index (χ2n) is 6.44. The number of rotatable bonds is 5. The van der Waals surface area contributed by atoms with Crippen LogP contribution in [-0.2, 0) is 11.2 Å². The minimum absolute atomic E-state index is 0.0266. The largest absolute Gasteiger partial charge is 0.464 e. The molecule has 0 aliphatic carbocycles. The van der Waals surface area contributed by atoms with E-state index in [9.17, 15) is 4.79 Å². The number of carbonyl (C=O) groups excluding carboxylic acids is 1. The first-order valence-corrected chi connectivity index (χ1v) is 8.34. The summed E-state index contributed by atoms with van der Waals surface area (Å²) in [4.78, 5) is 12.3. The molecule has 3 aromatic rings. The summed E-state index contributed by atoms with van der Waals surface area (Å²) in [5.41, 5.74) is 5.40. The van der Waals surface area contributed by atoms with E-state index in [1.807, 2.05) is 31.2 Å². The summed E-state index contributed by atoms with van der Waals surface area (Å²) in [5, 5.41) is 4.06. The number of amides is 1. The van der Waals surface area contributed by atoms with Crippen LogP contribution in [0.25, 0.3) is 11.0 Å². The lowest BCUT2D eigenvalue weighted by molar-refractivity contribution is -0.120. The molecule has 0 bridgehead atoms. The molecule has 124 valence electrons. The highest BCUT2D eigenvalue weighted by molar-refractivity contribution is 5.89. The van der Waals surface area contributed by atoms with Gasteiger partial charge >= 0.3 is 0 Å². The average molecular weight is 321 g/mol. The highest BCUT2D eigenvalue weighted by atomic mass is 16.3. The van der Waals surface area contributed by atoms with Gasteiger partial charge in [0.05, 0.1) is 12.7 Å². The molecule has 24 heavy (non-hydrogen) atoms. The van der Waals surface area contributed by atoms with E-state index < -0.39 is 0 Å². The van der Waals surface area contributed by atoms with Crippen LogP contribution >= 0.6 is 0 Å². The van der Waals surface area contributed by atoms with Crippen molar-refractivity contribution >= 4 is 16.9 Å². The van der Waals surface area contributed by atoms with Gasteiger partial charge in [-0.1, -0.05) is 49.4 Å². The van der Waals surface area contributed by atoms with E-state index in [0.29, 0.717) is 18.9 Å². The van der Waals surface area contributed by atoms with Gasteiger partial charge in [0.1, 0.15) is 5.58 Å². The fourth-order valence-electron chi connectivity index (χ4n) is 2.93. The molecule has 0 aliphatic heterocycles. The molecule has 1 atom stereocenters. The van der Waals surface area contributed by atoms with Crippen molar-refractivity contribution in [1.82, 2.24) is 5.32 Å². The van der Waals surface area contributed by atoms with Gasteiger partial charge < -0.3 is 9.73 Å². The van der Waals surface area contributed by atoms with Crippen LogP contribution in [0.2, 0.25) is 0 Å². The Kier molecular flexibility index (Phi) is 4.70. The van der Waals surface area contributed by atoms with E-state index in [4.69, 9.17) is 4.42 Å². The first-order chi connectivity index (χ1) is 11.6. The van der Waals surface area contributed by atoms with Gasteiger partial charge in [0.15, 0.2) is 0 Å². The molecule has 1 amide bonds. The molecule has 0 fully saturated rings. The van der Waals surface area contributed by atoms with Gasteiger partial charge in [-0.2, -0.15) is 0 Å². The standard InChI is InChI=1S/C21H23NO2/c1-14-9-10-19-18(13-24-21(19)16(14)3)11-20(23)22-12-15(2)17-7-5-4-6-8-17/h4-10,13,15H,11-12H2,1-3H3,(H,22,23). The molecule has 0 saturated carbocycles. The molecule has 3 rings (SSSR count). The number of nitrogens with one attached hydrogen (secondary N) is 1. The maximum atomic E-state index is 12.3. The fraction of sp³-hybridized carbons (Fsp3) is 0.286. The zero-order valence-electron chi connectivity index (χ0n) is 14.4. The number of furan rings is 1. The summed E-state index contributed by atoms with van der Waals surface area (Å²) in [6.45, 7) is 6.87. The summed E-state index contributed by atoms with van der Waals surface area (Å²) in [6.07, 6.45) is 2.05. The Morgan fingerprint density at radius 2 is 1.88 bits per heavy atom. The van der Waals surface area contributed by atoms with Gasteiger partial charge in [-0.25, -0.2) is 0 Å². The number of hydrogen-bond donors (Lipinski definition) is 1. The van der Waals surface area contributed by atoms with Gasteiger partial charge in [-0.05, 0) is 36.5 Å². The molecule has 1 heterocycles. The maximum Gasteiger partial charge on any atom is 0.224 e. The normalized spacial score (nSPS) is 12.3. The van der Waals surface area contributed by atoms with E-state index in [1.54, 1.807) is 6.26 Å². The van der Waals surface area contributed by atoms with Crippen molar-refractivity contribution in [2.75, 3.05) is 6.54 Å². The van der Waals surface area contributed by atoms with Crippen molar-refractivity contribution in [3.63, 3.8) is 0 Å². The lowest BCUT2D eigenvalue weighted by atomic mass is 10.0. The van der Waals surface area contributed by atoms with Crippen molar-refractivity contribution < 1.29 is 9.21 Å². The lowest BCUT2D eigenvalue weighted by Gasteiger charge is -2.12. The van der Waals surface area contributed by atoms with Crippen molar-refractivity contribution in [2.45, 2.75) is 33.1 Å². The Morgan fingerprint density at radius 3 is 2.62 bits per heavy atom. The summed E-state index contributed by atoms with van der Waals surface area (Å²) in [5.74, 6) is 0.319. The molecule has 3 nitrogen and oxygen atoms in total. The van der Waals surface area contributed by atoms with Gasteiger partial charge in [-0.3, -0.25) is 4.79 Å². The van der Waals surface area contributed by atoms with Crippen LogP contribution in [-0.4, -0.2) is 12.5 Å². The summed E-state index contributed by atoms with van der Waals surface area (Å²) in [7, 11) is 0. The first kappa shape index (κ1) is 16.3.